The summed E-state index contributed by atoms with van der Waals surface area (Å²) in [5, 5.41) is 0. The summed E-state index contributed by atoms with van der Waals surface area (Å²) < 4.78 is 48.9. The Bertz CT molecular complexity index is 1050. The first-order valence-electron chi connectivity index (χ1n) is 10.8. The number of carbonyl (C=O) groups is 2. The van der Waals surface area contributed by atoms with E-state index in [0.717, 1.165) is 12.3 Å². The topological polar surface area (TPSA) is 75.2 Å². The number of carbonyl (C=O) groups excluding carboxylic acids is 2. The molecular formula is C23H25F3N4O4. The van der Waals surface area contributed by atoms with Crippen molar-refractivity contribution >= 4 is 23.3 Å². The zero-order valence-corrected chi connectivity index (χ0v) is 18.8. The third-order valence-corrected chi connectivity index (χ3v) is 6.14. The quantitative estimate of drug-likeness (QED) is 0.658. The smallest absolute Gasteiger partial charge is 0.417 e. The van der Waals surface area contributed by atoms with Gasteiger partial charge in [-0.2, -0.15) is 13.2 Å². The summed E-state index contributed by atoms with van der Waals surface area (Å²) in [6, 6.07) is 7.50. The fraction of sp³-hybridized carbons (Fsp3) is 0.435. The lowest BCUT2D eigenvalue weighted by Crippen LogP contribution is -2.51. The van der Waals surface area contributed by atoms with Gasteiger partial charge in [-0.1, -0.05) is 0 Å². The molecule has 0 saturated carbocycles. The fourth-order valence-electron chi connectivity index (χ4n) is 4.27. The summed E-state index contributed by atoms with van der Waals surface area (Å²) in [7, 11) is 3.05. The predicted octanol–water partition coefficient (Wildman–Crippen LogP) is 2.82. The van der Waals surface area contributed by atoms with Crippen molar-refractivity contribution in [1.82, 2.24) is 9.88 Å². The minimum absolute atomic E-state index is 0.106. The molecule has 4 rings (SSSR count). The third kappa shape index (κ3) is 4.73. The number of pyridine rings is 1. The highest BCUT2D eigenvalue weighted by atomic mass is 19.4. The molecule has 0 aliphatic carbocycles. The molecule has 0 N–H and O–H groups in total. The SMILES string of the molecule is COc1ccc(N2CC(C(=O)N3CCN(c4ccc(C(F)(F)F)cn4)CC3)CC2=O)c(OC)c1. The van der Waals surface area contributed by atoms with Gasteiger partial charge in [-0.3, -0.25) is 9.59 Å². The number of anilines is 2. The van der Waals surface area contributed by atoms with Gasteiger partial charge < -0.3 is 24.2 Å². The third-order valence-electron chi connectivity index (χ3n) is 6.14. The number of methoxy groups -OCH3 is 2. The van der Waals surface area contributed by atoms with Crippen LogP contribution >= 0.6 is 0 Å². The highest BCUT2D eigenvalue weighted by Gasteiger charge is 2.39. The van der Waals surface area contributed by atoms with E-state index in [1.807, 2.05) is 4.90 Å². The Labute approximate surface area is 194 Å². The number of halogens is 3. The van der Waals surface area contributed by atoms with Crippen molar-refractivity contribution in [3.63, 3.8) is 0 Å². The van der Waals surface area contributed by atoms with Gasteiger partial charge in [0.15, 0.2) is 0 Å². The fourth-order valence-corrected chi connectivity index (χ4v) is 4.27. The molecule has 8 nitrogen and oxygen atoms in total. The van der Waals surface area contributed by atoms with Crippen LogP contribution < -0.4 is 19.3 Å². The van der Waals surface area contributed by atoms with Crippen LogP contribution in [0.4, 0.5) is 24.7 Å². The molecule has 0 spiro atoms. The Kier molecular flexibility index (Phi) is 6.54. The van der Waals surface area contributed by atoms with Crippen LogP contribution in [0.1, 0.15) is 12.0 Å². The van der Waals surface area contributed by atoms with Gasteiger partial charge in [0.05, 0.1) is 31.4 Å². The van der Waals surface area contributed by atoms with Gasteiger partial charge in [0, 0.05) is 51.4 Å². The number of ether oxygens (including phenoxy) is 2. The molecule has 2 fully saturated rings. The maximum absolute atomic E-state index is 13.1. The molecule has 182 valence electrons. The average Bonchev–Trinajstić information content (AvgIpc) is 3.24. The minimum Gasteiger partial charge on any atom is -0.497 e. The van der Waals surface area contributed by atoms with Crippen molar-refractivity contribution in [3.05, 3.63) is 42.1 Å². The molecule has 0 bridgehead atoms. The number of rotatable bonds is 5. The average molecular weight is 478 g/mol. The molecule has 2 amide bonds. The Morgan fingerprint density at radius 2 is 1.79 bits per heavy atom. The second kappa shape index (κ2) is 9.40. The molecule has 1 aromatic carbocycles. The second-order valence-corrected chi connectivity index (χ2v) is 8.16. The molecule has 34 heavy (non-hydrogen) atoms. The monoisotopic (exact) mass is 478 g/mol. The number of hydrogen-bond donors (Lipinski definition) is 0. The largest absolute Gasteiger partial charge is 0.497 e. The van der Waals surface area contributed by atoms with Gasteiger partial charge >= 0.3 is 6.18 Å². The highest BCUT2D eigenvalue weighted by Crippen LogP contribution is 2.36. The number of amides is 2. The van der Waals surface area contributed by atoms with E-state index in [-0.39, 0.29) is 24.8 Å². The number of nitrogens with zero attached hydrogens (tertiary/aromatic N) is 4. The summed E-state index contributed by atoms with van der Waals surface area (Å²) >= 11 is 0. The summed E-state index contributed by atoms with van der Waals surface area (Å²) in [4.78, 5) is 34.8. The minimum atomic E-state index is -4.43. The Morgan fingerprint density at radius 1 is 1.06 bits per heavy atom. The molecule has 1 aromatic heterocycles. The van der Waals surface area contributed by atoms with Crippen LogP contribution in [0.5, 0.6) is 11.5 Å². The van der Waals surface area contributed by atoms with E-state index < -0.39 is 17.7 Å². The first-order chi connectivity index (χ1) is 16.2. The van der Waals surface area contributed by atoms with E-state index >= 15 is 0 Å². The molecule has 2 aliphatic heterocycles. The van der Waals surface area contributed by atoms with Crippen molar-refractivity contribution in [2.45, 2.75) is 12.6 Å². The summed E-state index contributed by atoms with van der Waals surface area (Å²) in [6.07, 6.45) is -3.51. The number of aromatic nitrogens is 1. The first-order valence-corrected chi connectivity index (χ1v) is 10.8. The van der Waals surface area contributed by atoms with E-state index in [1.54, 1.807) is 28.0 Å². The number of benzene rings is 1. The lowest BCUT2D eigenvalue weighted by atomic mass is 10.1. The van der Waals surface area contributed by atoms with Crippen molar-refractivity contribution in [3.8, 4) is 11.5 Å². The van der Waals surface area contributed by atoms with E-state index in [0.29, 0.717) is 49.2 Å². The molecule has 1 atom stereocenters. The van der Waals surface area contributed by atoms with Crippen molar-refractivity contribution in [1.29, 1.82) is 0 Å². The summed E-state index contributed by atoms with van der Waals surface area (Å²) in [6.45, 7) is 1.94. The van der Waals surface area contributed by atoms with E-state index in [4.69, 9.17) is 9.47 Å². The van der Waals surface area contributed by atoms with Crippen LogP contribution in [0, 0.1) is 5.92 Å². The lowest BCUT2D eigenvalue weighted by Gasteiger charge is -2.36. The van der Waals surface area contributed by atoms with Crippen molar-refractivity contribution < 1.29 is 32.2 Å². The molecule has 1 unspecified atom stereocenters. The van der Waals surface area contributed by atoms with Crippen LogP contribution in [-0.4, -0.2) is 68.6 Å². The van der Waals surface area contributed by atoms with Crippen LogP contribution in [0.15, 0.2) is 36.5 Å². The maximum Gasteiger partial charge on any atom is 0.417 e. The van der Waals surface area contributed by atoms with Crippen molar-refractivity contribution in [2.75, 3.05) is 56.7 Å². The Hall–Kier alpha value is -3.50. The first kappa shape index (κ1) is 23.7. The molecule has 2 aromatic rings. The van der Waals surface area contributed by atoms with E-state index in [9.17, 15) is 22.8 Å². The Balaban J connectivity index is 1.37. The normalized spacial score (nSPS) is 18.9. The molecular weight excluding hydrogens is 453 g/mol. The lowest BCUT2D eigenvalue weighted by molar-refractivity contribution is -0.138. The molecule has 0 radical (unpaired) electrons. The molecule has 3 heterocycles. The van der Waals surface area contributed by atoms with E-state index in [1.165, 1.54) is 20.3 Å². The van der Waals surface area contributed by atoms with Gasteiger partial charge in [-0.15, -0.1) is 0 Å². The molecule has 2 saturated heterocycles. The summed E-state index contributed by atoms with van der Waals surface area (Å²) in [5.41, 5.74) is -0.212. The highest BCUT2D eigenvalue weighted by molar-refractivity contribution is 6.01. The molecule has 2 aliphatic rings. The predicted molar refractivity (Wildman–Crippen MR) is 118 cm³/mol. The van der Waals surface area contributed by atoms with Gasteiger partial charge in [0.1, 0.15) is 17.3 Å². The number of alkyl halides is 3. The molecule has 11 heteroatoms. The van der Waals surface area contributed by atoms with Crippen LogP contribution in [0.2, 0.25) is 0 Å². The zero-order valence-electron chi connectivity index (χ0n) is 18.8. The Morgan fingerprint density at radius 3 is 2.38 bits per heavy atom. The summed E-state index contributed by atoms with van der Waals surface area (Å²) in [5.74, 6) is 0.778. The van der Waals surface area contributed by atoms with Crippen LogP contribution in [-0.2, 0) is 15.8 Å². The van der Waals surface area contributed by atoms with Gasteiger partial charge in [0.2, 0.25) is 11.8 Å². The zero-order chi connectivity index (χ0) is 24.5. The van der Waals surface area contributed by atoms with Gasteiger partial charge in [-0.05, 0) is 24.3 Å². The van der Waals surface area contributed by atoms with Crippen LogP contribution in [0.3, 0.4) is 0 Å². The van der Waals surface area contributed by atoms with Crippen molar-refractivity contribution in [2.24, 2.45) is 5.92 Å². The second-order valence-electron chi connectivity index (χ2n) is 8.16. The van der Waals surface area contributed by atoms with E-state index in [2.05, 4.69) is 4.98 Å². The maximum atomic E-state index is 13.1. The van der Waals surface area contributed by atoms with Gasteiger partial charge in [-0.25, -0.2) is 4.98 Å². The standard InChI is InChI=1S/C23H25F3N4O4/c1-33-17-4-5-18(19(12-17)34-2)30-14-15(11-21(30)31)22(32)29-9-7-28(8-10-29)20-6-3-16(13-27-20)23(24,25)26/h3-6,12-13,15H,7-11,14H2,1-2H3. The van der Waals surface area contributed by atoms with Crippen LogP contribution in [0.25, 0.3) is 0 Å². The number of hydrogen-bond acceptors (Lipinski definition) is 6. The number of piperazine rings is 1. The van der Waals surface area contributed by atoms with Gasteiger partial charge in [0.25, 0.3) is 0 Å².